The van der Waals surface area contributed by atoms with Crippen LogP contribution in [0.2, 0.25) is 5.02 Å². The number of hydrazine groups is 2. The SMILES string of the molecule is COc1ccc(NN2C3C(N)=NN2C3N)cc1Cl. The lowest BCUT2D eigenvalue weighted by Gasteiger charge is -2.46. The van der Waals surface area contributed by atoms with E-state index in [0.717, 1.165) is 5.69 Å². The predicted molar refractivity (Wildman–Crippen MR) is 68.7 cm³/mol. The predicted octanol–water partition coefficient (Wildman–Crippen LogP) is 0.147. The molecule has 18 heavy (non-hydrogen) atoms. The maximum atomic E-state index is 6.04. The number of rotatable bonds is 3. The van der Waals surface area contributed by atoms with E-state index in [0.29, 0.717) is 16.6 Å². The van der Waals surface area contributed by atoms with Crippen molar-refractivity contribution in [2.45, 2.75) is 12.2 Å². The average Bonchev–Trinajstić information content (AvgIpc) is 2.82. The number of hydrazone groups is 1. The zero-order chi connectivity index (χ0) is 12.9. The number of anilines is 1. The van der Waals surface area contributed by atoms with Gasteiger partial charge in [-0.15, -0.1) is 10.2 Å². The molecule has 3 aliphatic rings. The summed E-state index contributed by atoms with van der Waals surface area (Å²) < 4.78 is 5.09. The molecule has 1 saturated heterocycles. The topological polar surface area (TPSA) is 92.1 Å². The lowest BCUT2D eigenvalue weighted by Crippen LogP contribution is -2.72. The first-order valence-corrected chi connectivity index (χ1v) is 5.77. The Bertz CT molecular complexity index is 521. The summed E-state index contributed by atoms with van der Waals surface area (Å²) in [5.74, 6) is 1.14. The van der Waals surface area contributed by atoms with Crippen LogP contribution < -0.4 is 21.6 Å². The molecule has 0 radical (unpaired) electrons. The lowest BCUT2D eigenvalue weighted by atomic mass is 10.2. The van der Waals surface area contributed by atoms with E-state index < -0.39 is 0 Å². The van der Waals surface area contributed by atoms with Crippen molar-refractivity contribution in [1.82, 2.24) is 10.2 Å². The van der Waals surface area contributed by atoms with Crippen molar-refractivity contribution in [2.75, 3.05) is 12.5 Å². The molecule has 5 N–H and O–H groups in total. The number of hydrogen-bond acceptors (Lipinski definition) is 7. The number of amidine groups is 1. The van der Waals surface area contributed by atoms with Crippen LogP contribution in [0.5, 0.6) is 5.75 Å². The third-order valence-corrected chi connectivity index (χ3v) is 3.29. The molecule has 2 atom stereocenters. The van der Waals surface area contributed by atoms with Gasteiger partial charge in [0.05, 0.1) is 17.8 Å². The molecule has 2 unspecified atom stereocenters. The molecule has 0 aromatic heterocycles. The fraction of sp³-hybridized carbons (Fsp3) is 0.300. The van der Waals surface area contributed by atoms with Crippen molar-refractivity contribution in [2.24, 2.45) is 16.6 Å². The Morgan fingerprint density at radius 3 is 2.78 bits per heavy atom. The Hall–Kier alpha value is -1.70. The highest BCUT2D eigenvalue weighted by atomic mass is 35.5. The van der Waals surface area contributed by atoms with Crippen LogP contribution in [0.15, 0.2) is 23.3 Å². The number of nitrogens with two attached hydrogens (primary N) is 2. The molecule has 2 bridgehead atoms. The number of nitrogens with zero attached hydrogens (tertiary/aromatic N) is 3. The van der Waals surface area contributed by atoms with Gasteiger partial charge in [-0.2, -0.15) is 5.12 Å². The van der Waals surface area contributed by atoms with Crippen LogP contribution in [0.3, 0.4) is 0 Å². The van der Waals surface area contributed by atoms with Gasteiger partial charge in [-0.05, 0) is 18.2 Å². The van der Waals surface area contributed by atoms with E-state index in [4.69, 9.17) is 27.8 Å². The van der Waals surface area contributed by atoms with Crippen molar-refractivity contribution in [3.8, 4) is 5.75 Å². The number of hydrogen-bond donors (Lipinski definition) is 3. The molecule has 96 valence electrons. The van der Waals surface area contributed by atoms with E-state index in [-0.39, 0.29) is 12.2 Å². The third-order valence-electron chi connectivity index (χ3n) is 2.99. The van der Waals surface area contributed by atoms with Crippen molar-refractivity contribution in [3.05, 3.63) is 23.2 Å². The number of benzene rings is 1. The summed E-state index contributed by atoms with van der Waals surface area (Å²) in [6.45, 7) is 0. The number of nitrogens with one attached hydrogen (secondary N) is 1. The first-order chi connectivity index (χ1) is 8.61. The Morgan fingerprint density at radius 2 is 2.28 bits per heavy atom. The van der Waals surface area contributed by atoms with E-state index in [1.54, 1.807) is 29.5 Å². The highest BCUT2D eigenvalue weighted by molar-refractivity contribution is 6.32. The van der Waals surface area contributed by atoms with Crippen LogP contribution >= 0.6 is 11.6 Å². The van der Waals surface area contributed by atoms with Gasteiger partial charge in [0.2, 0.25) is 0 Å². The summed E-state index contributed by atoms with van der Waals surface area (Å²) in [6, 6.07) is 5.30. The largest absolute Gasteiger partial charge is 0.495 e. The van der Waals surface area contributed by atoms with Gasteiger partial charge >= 0.3 is 0 Å². The molecule has 0 saturated carbocycles. The minimum Gasteiger partial charge on any atom is -0.495 e. The fourth-order valence-corrected chi connectivity index (χ4v) is 2.31. The van der Waals surface area contributed by atoms with Gasteiger partial charge in [0.25, 0.3) is 0 Å². The minimum absolute atomic E-state index is 0.106. The van der Waals surface area contributed by atoms with E-state index >= 15 is 0 Å². The van der Waals surface area contributed by atoms with Gasteiger partial charge in [0, 0.05) is 0 Å². The second-order valence-corrected chi connectivity index (χ2v) is 4.49. The molecule has 3 heterocycles. The molecule has 1 aromatic carbocycles. The Morgan fingerprint density at radius 1 is 1.50 bits per heavy atom. The standard InChI is InChI=1S/C10H13ClN6O/c1-18-7-3-2-5(4-6(7)11)14-16-8-9(12)15-17(16)10(8)13/h2-4,8,10,14H,13H2,1H3,(H2,12,15). The van der Waals surface area contributed by atoms with Crippen LogP contribution in [0.25, 0.3) is 0 Å². The normalized spacial score (nSPS) is 25.7. The fourth-order valence-electron chi connectivity index (χ4n) is 2.05. The molecule has 0 amide bonds. The summed E-state index contributed by atoms with van der Waals surface area (Å²) in [5, 5.41) is 7.97. The second kappa shape index (κ2) is 3.91. The van der Waals surface area contributed by atoms with Gasteiger partial charge in [-0.1, -0.05) is 11.6 Å². The first-order valence-electron chi connectivity index (χ1n) is 5.40. The number of methoxy groups -OCH3 is 1. The van der Waals surface area contributed by atoms with Gasteiger partial charge in [-0.25, -0.2) is 0 Å². The Balaban J connectivity index is 1.74. The Kier molecular flexibility index (Phi) is 2.47. The number of ether oxygens (including phenoxy) is 1. The van der Waals surface area contributed by atoms with Gasteiger partial charge in [-0.3, -0.25) is 5.43 Å². The molecular formula is C10H13ClN6O. The molecule has 1 fully saturated rings. The lowest BCUT2D eigenvalue weighted by molar-refractivity contribution is -0.143. The highest BCUT2D eigenvalue weighted by Gasteiger charge is 2.53. The monoisotopic (exact) mass is 268 g/mol. The summed E-state index contributed by atoms with van der Waals surface area (Å²) in [4.78, 5) is 0. The maximum Gasteiger partial charge on any atom is 0.147 e. The average molecular weight is 269 g/mol. The van der Waals surface area contributed by atoms with Crippen LogP contribution in [0.1, 0.15) is 0 Å². The van der Waals surface area contributed by atoms with Crippen molar-refractivity contribution >= 4 is 23.1 Å². The van der Waals surface area contributed by atoms with E-state index in [1.165, 1.54) is 0 Å². The van der Waals surface area contributed by atoms with Gasteiger partial charge in [0.15, 0.2) is 0 Å². The van der Waals surface area contributed by atoms with Crippen molar-refractivity contribution in [3.63, 3.8) is 0 Å². The molecular weight excluding hydrogens is 256 g/mol. The van der Waals surface area contributed by atoms with Crippen LogP contribution in [0.4, 0.5) is 5.69 Å². The van der Waals surface area contributed by atoms with E-state index in [1.807, 2.05) is 6.07 Å². The van der Waals surface area contributed by atoms with Crippen LogP contribution in [-0.2, 0) is 0 Å². The summed E-state index contributed by atoms with van der Waals surface area (Å²) in [7, 11) is 1.57. The summed E-state index contributed by atoms with van der Waals surface area (Å²) in [5.41, 5.74) is 15.5. The molecule has 3 aliphatic heterocycles. The maximum absolute atomic E-state index is 6.04. The first kappa shape index (κ1) is 11.4. The zero-order valence-corrected chi connectivity index (χ0v) is 10.4. The smallest absolute Gasteiger partial charge is 0.147 e. The van der Waals surface area contributed by atoms with E-state index in [9.17, 15) is 0 Å². The summed E-state index contributed by atoms with van der Waals surface area (Å²) in [6.07, 6.45) is -0.189. The summed E-state index contributed by atoms with van der Waals surface area (Å²) >= 11 is 6.04. The minimum atomic E-state index is -0.189. The zero-order valence-electron chi connectivity index (χ0n) is 9.67. The molecule has 0 spiro atoms. The third kappa shape index (κ3) is 1.48. The van der Waals surface area contributed by atoms with Crippen LogP contribution in [0, 0.1) is 0 Å². The Labute approximate surface area is 109 Å². The molecule has 4 rings (SSSR count). The molecule has 8 heteroatoms. The van der Waals surface area contributed by atoms with Gasteiger partial charge in [0.1, 0.15) is 23.8 Å². The van der Waals surface area contributed by atoms with Crippen molar-refractivity contribution in [1.29, 1.82) is 0 Å². The molecule has 7 nitrogen and oxygen atoms in total. The molecule has 1 aromatic rings. The quantitative estimate of drug-likeness (QED) is 0.723. The number of halogens is 1. The molecule has 0 aliphatic carbocycles. The highest BCUT2D eigenvalue weighted by Crippen LogP contribution is 2.33. The van der Waals surface area contributed by atoms with Crippen LogP contribution in [-0.4, -0.2) is 35.4 Å². The second-order valence-electron chi connectivity index (χ2n) is 4.09. The van der Waals surface area contributed by atoms with Crippen molar-refractivity contribution < 1.29 is 4.74 Å². The van der Waals surface area contributed by atoms with Gasteiger partial charge < -0.3 is 16.2 Å². The van der Waals surface area contributed by atoms with E-state index in [2.05, 4.69) is 10.5 Å².